The van der Waals surface area contributed by atoms with Crippen LogP contribution >= 0.6 is 0 Å². The predicted molar refractivity (Wildman–Crippen MR) is 151 cm³/mol. The highest BCUT2D eigenvalue weighted by Crippen LogP contribution is 2.88. The number of aliphatic hydroxyl groups is 2. The first-order valence-electron chi connectivity index (χ1n) is 15.7. The molecule has 14 heteroatoms. The number of furan rings is 1. The van der Waals surface area contributed by atoms with Gasteiger partial charge in [-0.1, -0.05) is 13.8 Å². The number of aliphatic hydroxyl groups excluding tert-OH is 1. The number of cyclic esters (lactones) is 1. The van der Waals surface area contributed by atoms with Crippen LogP contribution in [0.5, 0.6) is 0 Å². The minimum absolute atomic E-state index is 0.104. The van der Waals surface area contributed by atoms with Gasteiger partial charge in [0, 0.05) is 56.1 Å². The van der Waals surface area contributed by atoms with Crippen molar-refractivity contribution in [3.05, 3.63) is 35.8 Å². The van der Waals surface area contributed by atoms with Gasteiger partial charge in [-0.3, -0.25) is 14.4 Å². The summed E-state index contributed by atoms with van der Waals surface area (Å²) in [5.74, 6) is -5.59. The average Bonchev–Trinajstić information content (AvgIpc) is 3.74. The van der Waals surface area contributed by atoms with Crippen LogP contribution < -0.4 is 0 Å². The summed E-state index contributed by atoms with van der Waals surface area (Å²) in [5, 5.41) is 25.8. The largest absolute Gasteiger partial charge is 0.472 e. The monoisotopic (exact) mass is 658 g/mol. The zero-order valence-corrected chi connectivity index (χ0v) is 27.1. The highest BCUT2D eigenvalue weighted by atomic mass is 17.0. The molecule has 4 bridgehead atoms. The highest BCUT2D eigenvalue weighted by Gasteiger charge is 3.03. The summed E-state index contributed by atoms with van der Waals surface area (Å²) < 4.78 is 49.0. The summed E-state index contributed by atoms with van der Waals surface area (Å²) in [4.78, 5) is 52.8. The van der Waals surface area contributed by atoms with Crippen molar-refractivity contribution in [3.8, 4) is 0 Å². The van der Waals surface area contributed by atoms with E-state index in [-0.39, 0.29) is 24.8 Å². The quantitative estimate of drug-likeness (QED) is 0.344. The van der Waals surface area contributed by atoms with Gasteiger partial charge in [0.1, 0.15) is 23.4 Å². The lowest BCUT2D eigenvalue weighted by atomic mass is 9.34. The number of carbonyl (C=O) groups excluding carboxylic acids is 4. The summed E-state index contributed by atoms with van der Waals surface area (Å²) in [6, 6.07) is 1.63. The Morgan fingerprint density at radius 1 is 1.09 bits per heavy atom. The first-order valence-corrected chi connectivity index (χ1v) is 15.7. The SMILES string of the molecule is COC(=O)C[C@H]1[C@]2(C)C[C@]3(O)[C@@](OC(C)=O)([C@H]4OC5(C)O[C@@]6(C[C@H](O)[C@]7(C)C(=CC(=O)O[C@H]7c7ccoc7)[C@@]46O5)[C@]13C)[C@H]2OC(C)=O. The fraction of sp³-hybridized carbons (Fsp3) is 0.697. The lowest BCUT2D eigenvalue weighted by molar-refractivity contribution is -0.446. The zero-order chi connectivity index (χ0) is 34.0. The van der Waals surface area contributed by atoms with Crippen molar-refractivity contribution in [2.45, 2.75) is 114 Å². The van der Waals surface area contributed by atoms with Gasteiger partial charge in [0.15, 0.2) is 11.7 Å². The topological polar surface area (TPSA) is 186 Å². The molecule has 13 atom stereocenters. The van der Waals surface area contributed by atoms with Crippen molar-refractivity contribution in [2.24, 2.45) is 22.2 Å². The number of hydrogen-bond acceptors (Lipinski definition) is 14. The predicted octanol–water partition coefficient (Wildman–Crippen LogP) is 1.76. The number of rotatable bonds is 5. The first-order chi connectivity index (χ1) is 21.9. The Morgan fingerprint density at radius 3 is 2.43 bits per heavy atom. The fourth-order valence-electron chi connectivity index (χ4n) is 11.8. The van der Waals surface area contributed by atoms with E-state index in [0.29, 0.717) is 5.56 Å². The highest BCUT2D eigenvalue weighted by molar-refractivity contribution is 5.86. The van der Waals surface area contributed by atoms with E-state index in [1.807, 2.05) is 0 Å². The standard InChI is InChI=1S/C33H38O14/c1-15(34)42-24-26(3)14-30(39)28(5,18(26)10-21(37)40-7)31-12-20(36)27(4)19(11-22(38)43-23(27)17-8-9-41-13-17)32(31)25(33(24,30)44-16(2)35)45-29(6,46-31)47-32/h8-9,11,13,18,20,23-25,36,39H,10,12,14H2,1-7H3/t18-,20-,23-,24-,25-,26-,27-,28+,29?,30+,31-,32+,33-/m0/s1. The molecule has 1 aromatic rings. The van der Waals surface area contributed by atoms with Crippen LogP contribution in [0.2, 0.25) is 0 Å². The third-order valence-electron chi connectivity index (χ3n) is 13.1. The number of methoxy groups -OCH3 is 1. The Bertz CT molecular complexity index is 1670. The molecule has 3 aliphatic heterocycles. The molecule has 6 fully saturated rings. The number of ether oxygens (including phenoxy) is 7. The van der Waals surface area contributed by atoms with Crippen molar-refractivity contribution >= 4 is 23.9 Å². The van der Waals surface area contributed by atoms with Crippen LogP contribution in [0.15, 0.2) is 34.7 Å². The van der Waals surface area contributed by atoms with Crippen LogP contribution in [0.25, 0.3) is 0 Å². The molecule has 1 unspecified atom stereocenters. The third-order valence-corrected chi connectivity index (χ3v) is 13.1. The van der Waals surface area contributed by atoms with Crippen molar-refractivity contribution in [3.63, 3.8) is 0 Å². The van der Waals surface area contributed by atoms with Gasteiger partial charge >= 0.3 is 23.9 Å². The Kier molecular flexibility index (Phi) is 5.70. The van der Waals surface area contributed by atoms with E-state index in [1.165, 1.54) is 46.5 Å². The average molecular weight is 659 g/mol. The van der Waals surface area contributed by atoms with Gasteiger partial charge in [-0.15, -0.1) is 0 Å². The minimum atomic E-state index is -2.14. The lowest BCUT2D eigenvalue weighted by Crippen LogP contribution is -2.93. The molecule has 1 spiro atoms. The number of esters is 4. The maximum atomic E-state index is 13.5. The third kappa shape index (κ3) is 2.96. The minimum Gasteiger partial charge on any atom is -0.472 e. The van der Waals surface area contributed by atoms with E-state index in [2.05, 4.69) is 0 Å². The van der Waals surface area contributed by atoms with Crippen LogP contribution in [-0.2, 0) is 52.3 Å². The second-order valence-electron chi connectivity index (χ2n) is 15.0. The molecular formula is C33H38O14. The first kappa shape index (κ1) is 31.0. The lowest BCUT2D eigenvalue weighted by Gasteiger charge is -2.76. The van der Waals surface area contributed by atoms with Gasteiger partial charge in [-0.25, -0.2) is 4.79 Å². The van der Waals surface area contributed by atoms with Crippen LogP contribution in [0, 0.1) is 22.2 Å². The van der Waals surface area contributed by atoms with Crippen molar-refractivity contribution in [1.82, 2.24) is 0 Å². The number of carbonyl (C=O) groups is 4. The molecule has 8 rings (SSSR count). The van der Waals surface area contributed by atoms with Gasteiger partial charge in [-0.2, -0.15) is 0 Å². The molecule has 7 aliphatic rings. The van der Waals surface area contributed by atoms with Crippen LogP contribution in [0.3, 0.4) is 0 Å². The van der Waals surface area contributed by atoms with E-state index in [9.17, 15) is 29.4 Å². The van der Waals surface area contributed by atoms with Crippen molar-refractivity contribution < 1.29 is 67.0 Å². The molecule has 2 saturated heterocycles. The van der Waals surface area contributed by atoms with Gasteiger partial charge in [-0.05, 0) is 30.9 Å². The second kappa shape index (κ2) is 8.64. The second-order valence-corrected chi connectivity index (χ2v) is 15.0. The normalized spacial score (nSPS) is 52.7. The maximum absolute atomic E-state index is 13.5. The molecule has 4 saturated carbocycles. The van der Waals surface area contributed by atoms with Gasteiger partial charge < -0.3 is 47.8 Å². The summed E-state index contributed by atoms with van der Waals surface area (Å²) >= 11 is 0. The molecule has 2 N–H and O–H groups in total. The molecule has 4 aliphatic carbocycles. The van der Waals surface area contributed by atoms with Gasteiger partial charge in [0.05, 0.1) is 31.2 Å². The molecule has 0 radical (unpaired) electrons. The van der Waals surface area contributed by atoms with Crippen LogP contribution in [0.1, 0.15) is 72.5 Å². The molecule has 0 aromatic carbocycles. The molecular weight excluding hydrogens is 620 g/mol. The summed E-state index contributed by atoms with van der Waals surface area (Å²) in [5.41, 5.74) is -11.3. The van der Waals surface area contributed by atoms with Gasteiger partial charge in [0.25, 0.3) is 5.97 Å². The summed E-state index contributed by atoms with van der Waals surface area (Å²) in [6.07, 6.45) is -1.59. The van der Waals surface area contributed by atoms with Crippen molar-refractivity contribution in [1.29, 1.82) is 0 Å². The Hall–Kier alpha value is -3.30. The van der Waals surface area contributed by atoms with Crippen LogP contribution in [0.4, 0.5) is 0 Å². The molecule has 0 amide bonds. The van der Waals surface area contributed by atoms with E-state index in [0.717, 1.165) is 0 Å². The van der Waals surface area contributed by atoms with E-state index in [4.69, 9.17) is 37.6 Å². The Labute approximate surface area is 269 Å². The molecule has 14 nitrogen and oxygen atoms in total. The summed E-state index contributed by atoms with van der Waals surface area (Å²) in [6.45, 7) is 9.11. The van der Waals surface area contributed by atoms with Crippen molar-refractivity contribution in [2.75, 3.05) is 7.11 Å². The Balaban J connectivity index is 1.49. The number of fused-ring (bicyclic) bond motifs is 4. The van der Waals surface area contributed by atoms with E-state index in [1.54, 1.807) is 26.8 Å². The van der Waals surface area contributed by atoms with E-state index < -0.39 is 98.8 Å². The maximum Gasteiger partial charge on any atom is 0.331 e. The smallest absolute Gasteiger partial charge is 0.331 e. The summed E-state index contributed by atoms with van der Waals surface area (Å²) in [7, 11) is 1.24. The number of hydrogen-bond donors (Lipinski definition) is 2. The fourth-order valence-corrected chi connectivity index (χ4v) is 11.8. The molecule has 4 heterocycles. The molecule has 47 heavy (non-hydrogen) atoms. The van der Waals surface area contributed by atoms with Gasteiger partial charge in [0.2, 0.25) is 5.60 Å². The Morgan fingerprint density at radius 2 is 1.81 bits per heavy atom. The van der Waals surface area contributed by atoms with Crippen LogP contribution in [-0.4, -0.2) is 87.9 Å². The van der Waals surface area contributed by atoms with E-state index >= 15 is 0 Å². The molecule has 1 aromatic heterocycles. The zero-order valence-electron chi connectivity index (χ0n) is 27.1. The molecule has 254 valence electrons.